The number of nitrogens with two attached hydrogens (primary N) is 1. The van der Waals surface area contributed by atoms with Crippen LogP contribution in [0.25, 0.3) is 11.1 Å². The van der Waals surface area contributed by atoms with Crippen molar-refractivity contribution >= 4 is 29.4 Å². The van der Waals surface area contributed by atoms with Gasteiger partial charge in [-0.25, -0.2) is 4.98 Å². The summed E-state index contributed by atoms with van der Waals surface area (Å²) in [5.74, 6) is 0.521. The summed E-state index contributed by atoms with van der Waals surface area (Å²) in [5.41, 5.74) is 8.56. The molecule has 1 saturated heterocycles. The Morgan fingerprint density at radius 2 is 2.07 bits per heavy atom. The Hall–Kier alpha value is -1.70. The van der Waals surface area contributed by atoms with Crippen LogP contribution >= 0.6 is 12.4 Å². The van der Waals surface area contributed by atoms with E-state index in [1.807, 2.05) is 11.0 Å². The molecule has 160 valence electrons. The second kappa shape index (κ2) is 9.87. The second-order valence-corrected chi connectivity index (χ2v) is 7.93. The monoisotopic (exact) mass is 422 g/mol. The summed E-state index contributed by atoms with van der Waals surface area (Å²) >= 11 is 0. The summed E-state index contributed by atoms with van der Waals surface area (Å²) in [6.07, 6.45) is 6.84. The van der Waals surface area contributed by atoms with Crippen LogP contribution in [0.4, 0.5) is 0 Å². The van der Waals surface area contributed by atoms with Gasteiger partial charge in [0.05, 0.1) is 22.7 Å². The molecule has 2 aromatic rings. The van der Waals surface area contributed by atoms with E-state index in [4.69, 9.17) is 15.0 Å². The third-order valence-corrected chi connectivity index (χ3v) is 5.68. The number of fused-ring (bicyclic) bond motifs is 1. The van der Waals surface area contributed by atoms with Crippen molar-refractivity contribution in [1.82, 2.24) is 15.0 Å². The van der Waals surface area contributed by atoms with E-state index in [1.165, 1.54) is 0 Å². The Labute approximate surface area is 177 Å². The van der Waals surface area contributed by atoms with E-state index in [0.717, 1.165) is 61.7 Å². The van der Waals surface area contributed by atoms with Gasteiger partial charge in [0, 0.05) is 31.3 Å². The van der Waals surface area contributed by atoms with E-state index in [9.17, 15) is 4.79 Å². The van der Waals surface area contributed by atoms with Crippen LogP contribution < -0.4 is 5.73 Å². The third kappa shape index (κ3) is 4.90. The van der Waals surface area contributed by atoms with Crippen molar-refractivity contribution in [2.45, 2.75) is 63.9 Å². The lowest BCUT2D eigenvalue weighted by Crippen LogP contribution is -2.41. The Morgan fingerprint density at radius 3 is 2.72 bits per heavy atom. The lowest BCUT2D eigenvalue weighted by molar-refractivity contribution is 0.00849. The molecule has 0 aromatic carbocycles. The van der Waals surface area contributed by atoms with Gasteiger partial charge in [-0.15, -0.1) is 12.4 Å². The molecule has 1 aliphatic heterocycles. The SMILES string of the molecule is CCCc1noc2nc(C3CC3)cc(C(=O)N3CCC(OCCCN)CC3)c12.Cl. The van der Waals surface area contributed by atoms with Gasteiger partial charge >= 0.3 is 0 Å². The minimum atomic E-state index is 0. The number of halogens is 1. The molecule has 29 heavy (non-hydrogen) atoms. The highest BCUT2D eigenvalue weighted by Gasteiger charge is 2.31. The average Bonchev–Trinajstić information content (AvgIpc) is 3.50. The number of carbonyl (C=O) groups is 1. The lowest BCUT2D eigenvalue weighted by atomic mass is 10.0. The Balaban J connectivity index is 0.00000240. The smallest absolute Gasteiger partial charge is 0.259 e. The van der Waals surface area contributed by atoms with Gasteiger partial charge in [0.1, 0.15) is 0 Å². The first-order valence-corrected chi connectivity index (χ1v) is 10.6. The van der Waals surface area contributed by atoms with Crippen LogP contribution in [-0.4, -0.2) is 53.3 Å². The molecule has 1 aliphatic carbocycles. The van der Waals surface area contributed by atoms with Gasteiger partial charge in [0.25, 0.3) is 11.6 Å². The first kappa shape index (κ1) is 22.0. The van der Waals surface area contributed by atoms with Crippen molar-refractivity contribution in [3.8, 4) is 0 Å². The minimum absolute atomic E-state index is 0. The van der Waals surface area contributed by atoms with Gasteiger partial charge in [0.2, 0.25) is 0 Å². The average molecular weight is 423 g/mol. The van der Waals surface area contributed by atoms with Crippen LogP contribution in [0.3, 0.4) is 0 Å². The number of aromatic nitrogens is 2. The molecule has 0 atom stereocenters. The van der Waals surface area contributed by atoms with Crippen LogP contribution in [0, 0.1) is 0 Å². The highest BCUT2D eigenvalue weighted by atomic mass is 35.5. The van der Waals surface area contributed by atoms with Crippen molar-refractivity contribution in [3.63, 3.8) is 0 Å². The van der Waals surface area contributed by atoms with Gasteiger partial charge in [-0.1, -0.05) is 18.5 Å². The number of amides is 1. The predicted octanol–water partition coefficient (Wildman–Crippen LogP) is 3.44. The van der Waals surface area contributed by atoms with Gasteiger partial charge in [0.15, 0.2) is 0 Å². The molecule has 2 aromatic heterocycles. The zero-order valence-corrected chi connectivity index (χ0v) is 17.9. The van der Waals surface area contributed by atoms with Crippen LogP contribution in [0.2, 0.25) is 0 Å². The van der Waals surface area contributed by atoms with E-state index in [2.05, 4.69) is 17.1 Å². The first-order valence-electron chi connectivity index (χ1n) is 10.6. The number of ether oxygens (including phenoxy) is 1. The molecule has 8 heteroatoms. The van der Waals surface area contributed by atoms with Crippen LogP contribution in [0.15, 0.2) is 10.6 Å². The quantitative estimate of drug-likeness (QED) is 0.654. The maximum Gasteiger partial charge on any atom is 0.259 e. The molecule has 0 radical (unpaired) electrons. The van der Waals surface area contributed by atoms with Crippen molar-refractivity contribution in [3.05, 3.63) is 23.0 Å². The van der Waals surface area contributed by atoms with E-state index < -0.39 is 0 Å². The fourth-order valence-electron chi connectivity index (χ4n) is 3.92. The van der Waals surface area contributed by atoms with E-state index in [0.29, 0.717) is 43.4 Å². The number of piperidine rings is 1. The lowest BCUT2D eigenvalue weighted by Gasteiger charge is -2.32. The van der Waals surface area contributed by atoms with Crippen LogP contribution in [-0.2, 0) is 11.2 Å². The van der Waals surface area contributed by atoms with Crippen LogP contribution in [0.1, 0.15) is 73.1 Å². The van der Waals surface area contributed by atoms with Crippen molar-refractivity contribution < 1.29 is 14.1 Å². The van der Waals surface area contributed by atoms with E-state index in [1.54, 1.807) is 0 Å². The summed E-state index contributed by atoms with van der Waals surface area (Å²) in [6, 6.07) is 1.99. The number of nitrogens with zero attached hydrogens (tertiary/aromatic N) is 3. The molecule has 2 N–H and O–H groups in total. The number of hydrogen-bond donors (Lipinski definition) is 1. The second-order valence-electron chi connectivity index (χ2n) is 7.93. The van der Waals surface area contributed by atoms with Crippen molar-refractivity contribution in [2.75, 3.05) is 26.2 Å². The fourth-order valence-corrected chi connectivity index (χ4v) is 3.92. The van der Waals surface area contributed by atoms with Gasteiger partial charge in [-0.2, -0.15) is 0 Å². The summed E-state index contributed by atoms with van der Waals surface area (Å²) in [5, 5.41) is 5.01. The fraction of sp³-hybridized carbons (Fsp3) is 0.667. The molecule has 2 aliphatic rings. The van der Waals surface area contributed by atoms with Crippen molar-refractivity contribution in [1.29, 1.82) is 0 Å². The first-order chi connectivity index (χ1) is 13.7. The molecular weight excluding hydrogens is 392 g/mol. The molecule has 0 spiro atoms. The highest BCUT2D eigenvalue weighted by Crippen LogP contribution is 2.40. The standard InChI is InChI=1S/C21H30N4O3.ClH/c1-2-4-17-19-16(13-18(14-5-6-14)23-20(19)28-24-17)21(26)25-10-7-15(8-11-25)27-12-3-9-22;/h13-15H,2-12,22H2,1H3;1H. The highest BCUT2D eigenvalue weighted by molar-refractivity contribution is 6.06. The number of hydrogen-bond acceptors (Lipinski definition) is 6. The van der Waals surface area contributed by atoms with Gasteiger partial charge < -0.3 is 19.9 Å². The Bertz CT molecular complexity index is 829. The summed E-state index contributed by atoms with van der Waals surface area (Å²) in [6.45, 7) is 4.87. The summed E-state index contributed by atoms with van der Waals surface area (Å²) < 4.78 is 11.4. The molecule has 0 unspecified atom stereocenters. The summed E-state index contributed by atoms with van der Waals surface area (Å²) in [4.78, 5) is 20.0. The molecule has 4 rings (SSSR count). The molecule has 7 nitrogen and oxygen atoms in total. The molecule has 0 bridgehead atoms. The van der Waals surface area contributed by atoms with Crippen molar-refractivity contribution in [2.24, 2.45) is 5.73 Å². The minimum Gasteiger partial charge on any atom is -0.378 e. The molecule has 1 amide bonds. The largest absolute Gasteiger partial charge is 0.378 e. The molecule has 2 fully saturated rings. The Kier molecular flexibility index (Phi) is 7.49. The number of pyridine rings is 1. The summed E-state index contributed by atoms with van der Waals surface area (Å²) in [7, 11) is 0. The third-order valence-electron chi connectivity index (χ3n) is 5.68. The Morgan fingerprint density at radius 1 is 1.31 bits per heavy atom. The maximum atomic E-state index is 13.4. The number of rotatable bonds is 8. The molecule has 3 heterocycles. The maximum absolute atomic E-state index is 13.4. The number of likely N-dealkylation sites (tertiary alicyclic amines) is 1. The number of carbonyl (C=O) groups excluding carboxylic acids is 1. The topological polar surface area (TPSA) is 94.5 Å². The molecular formula is C21H31ClN4O3. The predicted molar refractivity (Wildman–Crippen MR) is 114 cm³/mol. The van der Waals surface area contributed by atoms with Crippen LogP contribution in [0.5, 0.6) is 0 Å². The zero-order valence-electron chi connectivity index (χ0n) is 17.1. The van der Waals surface area contributed by atoms with E-state index >= 15 is 0 Å². The van der Waals surface area contributed by atoms with Gasteiger partial charge in [-0.05, 0) is 51.1 Å². The van der Waals surface area contributed by atoms with Gasteiger partial charge in [-0.3, -0.25) is 4.79 Å². The van der Waals surface area contributed by atoms with E-state index in [-0.39, 0.29) is 24.4 Å². The number of aryl methyl sites for hydroxylation is 1. The zero-order chi connectivity index (χ0) is 19.5. The normalized spacial score (nSPS) is 17.5. The molecule has 1 saturated carbocycles.